The Kier molecular flexibility index (Phi) is 3.83. The Balaban J connectivity index is 2.25. The van der Waals surface area contributed by atoms with Crippen molar-refractivity contribution in [2.45, 2.75) is 13.0 Å². The molecule has 0 aromatic heterocycles. The van der Waals surface area contributed by atoms with E-state index in [0.29, 0.717) is 0 Å². The van der Waals surface area contributed by atoms with E-state index in [0.717, 1.165) is 18.2 Å². The molecule has 0 aliphatic carbocycles. The Hall–Kier alpha value is -2.24. The molecule has 0 aliphatic rings. The highest BCUT2D eigenvalue weighted by Crippen LogP contribution is 2.26. The van der Waals surface area contributed by atoms with Crippen molar-refractivity contribution in [1.82, 2.24) is 0 Å². The Morgan fingerprint density at radius 3 is 2.10 bits per heavy atom. The number of phenolic OH excluding ortho intramolecular Hbond substituents is 1. The molecule has 0 saturated carbocycles. The van der Waals surface area contributed by atoms with Crippen molar-refractivity contribution in [3.8, 4) is 5.75 Å². The molecule has 1 atom stereocenters. The first kappa shape index (κ1) is 14.2. The monoisotopic (exact) mass is 285 g/mol. The highest BCUT2D eigenvalue weighted by atomic mass is 19.2. The molecule has 2 aromatic carbocycles. The van der Waals surface area contributed by atoms with Crippen LogP contribution in [0.1, 0.15) is 18.5 Å². The van der Waals surface area contributed by atoms with Crippen LogP contribution in [0, 0.1) is 23.3 Å². The summed E-state index contributed by atoms with van der Waals surface area (Å²) in [6.45, 7) is 1.56. The number of anilines is 1. The molecule has 20 heavy (non-hydrogen) atoms. The first-order valence-electron chi connectivity index (χ1n) is 5.78. The van der Waals surface area contributed by atoms with Crippen LogP contribution in [-0.2, 0) is 0 Å². The van der Waals surface area contributed by atoms with Gasteiger partial charge in [-0.25, -0.2) is 17.6 Å². The van der Waals surface area contributed by atoms with Gasteiger partial charge >= 0.3 is 0 Å². The van der Waals surface area contributed by atoms with Gasteiger partial charge in [-0.15, -0.1) is 0 Å². The van der Waals surface area contributed by atoms with Crippen LogP contribution >= 0.6 is 0 Å². The van der Waals surface area contributed by atoms with Crippen molar-refractivity contribution in [1.29, 1.82) is 0 Å². The lowest BCUT2D eigenvalue weighted by molar-refractivity contribution is 0.447. The van der Waals surface area contributed by atoms with Gasteiger partial charge in [0.25, 0.3) is 0 Å². The predicted molar refractivity (Wildman–Crippen MR) is 66.4 cm³/mol. The zero-order valence-corrected chi connectivity index (χ0v) is 10.4. The average molecular weight is 285 g/mol. The lowest BCUT2D eigenvalue weighted by Crippen LogP contribution is -2.09. The largest absolute Gasteiger partial charge is 0.508 e. The third kappa shape index (κ3) is 2.84. The standard InChI is InChI=1S/C14H11F4NO/c1-7(10-3-2-9(20)6-11(10)15)19-8-4-12(16)14(18)13(17)5-8/h2-7,19-20H,1H3. The zero-order valence-electron chi connectivity index (χ0n) is 10.4. The topological polar surface area (TPSA) is 32.3 Å². The number of hydrogen-bond donors (Lipinski definition) is 2. The van der Waals surface area contributed by atoms with E-state index >= 15 is 0 Å². The first-order chi connectivity index (χ1) is 9.38. The Morgan fingerprint density at radius 1 is 0.950 bits per heavy atom. The summed E-state index contributed by atoms with van der Waals surface area (Å²) in [5, 5.41) is 11.8. The van der Waals surface area contributed by atoms with Crippen LogP contribution in [0.2, 0.25) is 0 Å². The normalized spacial score (nSPS) is 12.2. The number of benzene rings is 2. The van der Waals surface area contributed by atoms with Gasteiger partial charge in [0.2, 0.25) is 0 Å². The molecule has 0 fully saturated rings. The fraction of sp³-hybridized carbons (Fsp3) is 0.143. The molecule has 106 valence electrons. The van der Waals surface area contributed by atoms with Gasteiger partial charge in [0.05, 0.1) is 6.04 Å². The Bertz CT molecular complexity index is 622. The molecular weight excluding hydrogens is 274 g/mol. The number of halogens is 4. The maximum atomic E-state index is 13.6. The average Bonchev–Trinajstić information content (AvgIpc) is 2.35. The second kappa shape index (κ2) is 5.40. The lowest BCUT2D eigenvalue weighted by atomic mass is 10.1. The number of hydrogen-bond acceptors (Lipinski definition) is 2. The molecule has 0 radical (unpaired) electrons. The number of aromatic hydroxyl groups is 1. The molecular formula is C14H11F4NO. The van der Waals surface area contributed by atoms with Gasteiger partial charge in [0.15, 0.2) is 17.5 Å². The Labute approximate surface area is 112 Å². The SMILES string of the molecule is CC(Nc1cc(F)c(F)c(F)c1)c1ccc(O)cc1F. The summed E-state index contributed by atoms with van der Waals surface area (Å²) in [5.41, 5.74) is 0.189. The fourth-order valence-electron chi connectivity index (χ4n) is 1.83. The third-order valence-corrected chi connectivity index (χ3v) is 2.82. The minimum absolute atomic E-state index is 0.0126. The lowest BCUT2D eigenvalue weighted by Gasteiger charge is -2.17. The summed E-state index contributed by atoms with van der Waals surface area (Å²) in [7, 11) is 0. The summed E-state index contributed by atoms with van der Waals surface area (Å²) in [5.74, 6) is -5.10. The molecule has 0 saturated heterocycles. The summed E-state index contributed by atoms with van der Waals surface area (Å²) in [6, 6.07) is 4.51. The zero-order chi connectivity index (χ0) is 14.9. The van der Waals surface area contributed by atoms with E-state index in [9.17, 15) is 17.6 Å². The summed E-state index contributed by atoms with van der Waals surface area (Å²) >= 11 is 0. The molecule has 0 heterocycles. The van der Waals surface area contributed by atoms with Gasteiger partial charge in [-0.05, 0) is 13.0 Å². The maximum Gasteiger partial charge on any atom is 0.194 e. The van der Waals surface area contributed by atoms with E-state index in [1.807, 2.05) is 0 Å². The van der Waals surface area contributed by atoms with Crippen molar-refractivity contribution in [3.05, 3.63) is 59.2 Å². The van der Waals surface area contributed by atoms with Crippen LogP contribution in [0.4, 0.5) is 23.2 Å². The van der Waals surface area contributed by atoms with Gasteiger partial charge in [-0.3, -0.25) is 0 Å². The van der Waals surface area contributed by atoms with E-state index in [4.69, 9.17) is 5.11 Å². The van der Waals surface area contributed by atoms with Crippen LogP contribution < -0.4 is 5.32 Å². The second-order valence-electron chi connectivity index (χ2n) is 4.33. The molecule has 2 aromatic rings. The van der Waals surface area contributed by atoms with Crippen molar-refractivity contribution < 1.29 is 22.7 Å². The molecule has 0 spiro atoms. The quantitative estimate of drug-likeness (QED) is 0.656. The minimum Gasteiger partial charge on any atom is -0.508 e. The minimum atomic E-state index is -1.56. The Morgan fingerprint density at radius 2 is 1.55 bits per heavy atom. The number of nitrogens with one attached hydrogen (secondary N) is 1. The van der Waals surface area contributed by atoms with E-state index < -0.39 is 29.3 Å². The van der Waals surface area contributed by atoms with Gasteiger partial charge in [0.1, 0.15) is 11.6 Å². The van der Waals surface area contributed by atoms with Crippen molar-refractivity contribution in [2.75, 3.05) is 5.32 Å². The second-order valence-corrected chi connectivity index (χ2v) is 4.33. The molecule has 0 bridgehead atoms. The van der Waals surface area contributed by atoms with Crippen LogP contribution in [0.3, 0.4) is 0 Å². The molecule has 6 heteroatoms. The van der Waals surface area contributed by atoms with E-state index in [1.54, 1.807) is 6.92 Å². The summed E-state index contributed by atoms with van der Waals surface area (Å²) in [4.78, 5) is 0. The first-order valence-corrected chi connectivity index (χ1v) is 5.78. The molecule has 1 unspecified atom stereocenters. The van der Waals surface area contributed by atoms with E-state index in [1.165, 1.54) is 12.1 Å². The van der Waals surface area contributed by atoms with Crippen LogP contribution in [0.15, 0.2) is 30.3 Å². The molecule has 2 rings (SSSR count). The van der Waals surface area contributed by atoms with Gasteiger partial charge in [-0.1, -0.05) is 6.07 Å². The molecule has 2 nitrogen and oxygen atoms in total. The molecule has 0 amide bonds. The van der Waals surface area contributed by atoms with Crippen LogP contribution in [-0.4, -0.2) is 5.11 Å². The van der Waals surface area contributed by atoms with E-state index in [-0.39, 0.29) is 17.0 Å². The highest BCUT2D eigenvalue weighted by Gasteiger charge is 2.15. The van der Waals surface area contributed by atoms with Gasteiger partial charge < -0.3 is 10.4 Å². The highest BCUT2D eigenvalue weighted by molar-refractivity contribution is 5.46. The van der Waals surface area contributed by atoms with Crippen molar-refractivity contribution in [2.24, 2.45) is 0 Å². The van der Waals surface area contributed by atoms with Crippen LogP contribution in [0.5, 0.6) is 5.75 Å². The number of rotatable bonds is 3. The third-order valence-electron chi connectivity index (χ3n) is 2.82. The number of phenols is 1. The van der Waals surface area contributed by atoms with Gasteiger partial charge in [-0.2, -0.15) is 0 Å². The van der Waals surface area contributed by atoms with Gasteiger partial charge in [0, 0.05) is 29.4 Å². The van der Waals surface area contributed by atoms with E-state index in [2.05, 4.69) is 5.32 Å². The summed E-state index contributed by atoms with van der Waals surface area (Å²) < 4.78 is 52.6. The summed E-state index contributed by atoms with van der Waals surface area (Å²) in [6.07, 6.45) is 0. The molecule has 2 N–H and O–H groups in total. The van der Waals surface area contributed by atoms with Crippen LogP contribution in [0.25, 0.3) is 0 Å². The smallest absolute Gasteiger partial charge is 0.194 e. The predicted octanol–water partition coefficient (Wildman–Crippen LogP) is 4.12. The van der Waals surface area contributed by atoms with Crippen molar-refractivity contribution in [3.63, 3.8) is 0 Å². The van der Waals surface area contributed by atoms with Crippen molar-refractivity contribution >= 4 is 5.69 Å². The fourth-order valence-corrected chi connectivity index (χ4v) is 1.83. The molecule has 0 aliphatic heterocycles. The maximum absolute atomic E-state index is 13.6.